The number of fused-ring (bicyclic) bond motifs is 1. The van der Waals surface area contributed by atoms with Crippen LogP contribution < -0.4 is 0 Å². The molecular formula is C17H19N3O3. The van der Waals surface area contributed by atoms with Gasteiger partial charge in [0.15, 0.2) is 5.69 Å². The second-order valence-electron chi connectivity index (χ2n) is 5.49. The van der Waals surface area contributed by atoms with E-state index in [1.807, 2.05) is 37.4 Å². The molecular weight excluding hydrogens is 294 g/mol. The van der Waals surface area contributed by atoms with Crippen molar-refractivity contribution in [2.24, 2.45) is 13.0 Å². The van der Waals surface area contributed by atoms with Crippen LogP contribution in [-0.4, -0.2) is 46.3 Å². The van der Waals surface area contributed by atoms with E-state index < -0.39 is 5.92 Å². The van der Waals surface area contributed by atoms with Gasteiger partial charge in [0.25, 0.3) is 5.91 Å². The summed E-state index contributed by atoms with van der Waals surface area (Å²) in [5.74, 6) is -0.879. The van der Waals surface area contributed by atoms with Crippen LogP contribution in [0.3, 0.4) is 0 Å². The molecule has 0 spiro atoms. The second-order valence-corrected chi connectivity index (χ2v) is 5.49. The van der Waals surface area contributed by atoms with Gasteiger partial charge >= 0.3 is 5.97 Å². The van der Waals surface area contributed by atoms with E-state index in [1.54, 1.807) is 22.6 Å². The molecule has 1 unspecified atom stereocenters. The molecule has 2 aromatic rings. The number of benzene rings is 1. The van der Waals surface area contributed by atoms with Crippen LogP contribution in [-0.2, 0) is 16.6 Å². The Morgan fingerprint density at radius 3 is 2.91 bits per heavy atom. The zero-order valence-corrected chi connectivity index (χ0v) is 13.2. The van der Waals surface area contributed by atoms with Crippen molar-refractivity contribution >= 4 is 22.8 Å². The van der Waals surface area contributed by atoms with Crippen molar-refractivity contribution in [1.82, 2.24) is 14.7 Å². The number of aromatic nitrogens is 2. The molecule has 6 nitrogen and oxygen atoms in total. The van der Waals surface area contributed by atoms with E-state index >= 15 is 0 Å². The predicted molar refractivity (Wildman–Crippen MR) is 85.9 cm³/mol. The number of nitrogens with zero attached hydrogens (tertiary/aromatic N) is 3. The summed E-state index contributed by atoms with van der Waals surface area (Å²) < 4.78 is 6.74. The van der Waals surface area contributed by atoms with Gasteiger partial charge in [-0.3, -0.25) is 14.3 Å². The fourth-order valence-corrected chi connectivity index (χ4v) is 2.81. The molecule has 1 aromatic carbocycles. The number of amides is 1. The zero-order chi connectivity index (χ0) is 16.4. The summed E-state index contributed by atoms with van der Waals surface area (Å²) in [6, 6.07) is 7.62. The van der Waals surface area contributed by atoms with Gasteiger partial charge in [0.1, 0.15) is 0 Å². The maximum atomic E-state index is 12.8. The number of hydrogen-bond donors (Lipinski definition) is 0. The van der Waals surface area contributed by atoms with Crippen molar-refractivity contribution < 1.29 is 14.3 Å². The molecule has 6 heteroatoms. The first-order chi connectivity index (χ1) is 11.1. The first-order valence-corrected chi connectivity index (χ1v) is 7.66. The molecule has 1 atom stereocenters. The van der Waals surface area contributed by atoms with Gasteiger partial charge in [0.05, 0.1) is 18.0 Å². The topological polar surface area (TPSA) is 64.4 Å². The quantitative estimate of drug-likeness (QED) is 0.640. The zero-order valence-electron chi connectivity index (χ0n) is 13.2. The summed E-state index contributed by atoms with van der Waals surface area (Å²) in [6.45, 7) is 2.90. The van der Waals surface area contributed by atoms with Crippen molar-refractivity contribution in [1.29, 1.82) is 0 Å². The minimum Gasteiger partial charge on any atom is -0.465 e. The lowest BCUT2D eigenvalue weighted by molar-refractivity contribution is -0.146. The smallest absolute Gasteiger partial charge is 0.314 e. The molecule has 0 saturated carbocycles. The minimum atomic E-state index is -0.414. The normalized spacial score (nSPS) is 17.5. The Labute approximate surface area is 134 Å². The molecule has 1 aliphatic heterocycles. The number of aryl methyl sites for hydroxylation is 1. The van der Waals surface area contributed by atoms with Crippen LogP contribution in [0.5, 0.6) is 0 Å². The molecule has 0 aliphatic carbocycles. The van der Waals surface area contributed by atoms with Crippen molar-refractivity contribution in [3.63, 3.8) is 0 Å². The molecule has 0 radical (unpaired) electrons. The van der Waals surface area contributed by atoms with Crippen molar-refractivity contribution in [2.45, 2.75) is 6.92 Å². The number of para-hydroxylation sites is 1. The second kappa shape index (κ2) is 6.24. The summed E-state index contributed by atoms with van der Waals surface area (Å²) in [5, 5.41) is 5.18. The van der Waals surface area contributed by atoms with Crippen LogP contribution in [0.15, 0.2) is 36.4 Å². The van der Waals surface area contributed by atoms with Crippen LogP contribution in [0, 0.1) is 5.92 Å². The molecule has 0 fully saturated rings. The number of esters is 1. The molecule has 1 amide bonds. The predicted octanol–water partition coefficient (Wildman–Crippen LogP) is 1.76. The SMILES string of the molecule is CCOC(=O)C1C=CCN(C(=O)c2nn(C)c3ccccc23)C1. The molecule has 1 aliphatic rings. The first-order valence-electron chi connectivity index (χ1n) is 7.66. The van der Waals surface area contributed by atoms with Crippen LogP contribution in [0.25, 0.3) is 10.9 Å². The average molecular weight is 313 g/mol. The Morgan fingerprint density at radius 1 is 1.35 bits per heavy atom. The summed E-state index contributed by atoms with van der Waals surface area (Å²) in [4.78, 5) is 26.3. The van der Waals surface area contributed by atoms with Crippen LogP contribution >= 0.6 is 0 Å². The van der Waals surface area contributed by atoms with Gasteiger partial charge in [0.2, 0.25) is 0 Å². The summed E-state index contributed by atoms with van der Waals surface area (Å²) >= 11 is 0. The molecule has 120 valence electrons. The van der Waals surface area contributed by atoms with Gasteiger partial charge in [-0.2, -0.15) is 5.10 Å². The van der Waals surface area contributed by atoms with Gasteiger partial charge < -0.3 is 9.64 Å². The lowest BCUT2D eigenvalue weighted by Crippen LogP contribution is -2.40. The average Bonchev–Trinajstić information content (AvgIpc) is 2.92. The molecule has 3 rings (SSSR count). The number of carbonyl (C=O) groups excluding carboxylic acids is 2. The third-order valence-electron chi connectivity index (χ3n) is 3.95. The van der Waals surface area contributed by atoms with Gasteiger partial charge in [-0.25, -0.2) is 0 Å². The van der Waals surface area contributed by atoms with E-state index in [1.165, 1.54) is 0 Å². The fraction of sp³-hybridized carbons (Fsp3) is 0.353. The highest BCUT2D eigenvalue weighted by atomic mass is 16.5. The van der Waals surface area contributed by atoms with Crippen LogP contribution in [0.2, 0.25) is 0 Å². The lowest BCUT2D eigenvalue weighted by atomic mass is 10.0. The maximum absolute atomic E-state index is 12.8. The molecule has 0 bridgehead atoms. The highest BCUT2D eigenvalue weighted by Crippen LogP contribution is 2.21. The fourth-order valence-electron chi connectivity index (χ4n) is 2.81. The van der Waals surface area contributed by atoms with E-state index in [0.717, 1.165) is 10.9 Å². The van der Waals surface area contributed by atoms with E-state index in [-0.39, 0.29) is 11.9 Å². The Bertz CT molecular complexity index is 778. The Balaban J connectivity index is 1.85. The van der Waals surface area contributed by atoms with Crippen molar-refractivity contribution in [3.8, 4) is 0 Å². The van der Waals surface area contributed by atoms with E-state index in [0.29, 0.717) is 25.4 Å². The Hall–Kier alpha value is -2.63. The Morgan fingerprint density at radius 2 is 2.13 bits per heavy atom. The van der Waals surface area contributed by atoms with Gasteiger partial charge in [-0.05, 0) is 13.0 Å². The largest absolute Gasteiger partial charge is 0.465 e. The Kier molecular flexibility index (Phi) is 4.14. The summed E-state index contributed by atoms with van der Waals surface area (Å²) in [6.07, 6.45) is 3.63. The van der Waals surface area contributed by atoms with Gasteiger partial charge in [0, 0.05) is 25.5 Å². The summed E-state index contributed by atoms with van der Waals surface area (Å²) in [7, 11) is 1.82. The van der Waals surface area contributed by atoms with E-state index in [9.17, 15) is 9.59 Å². The number of hydrogen-bond acceptors (Lipinski definition) is 4. The van der Waals surface area contributed by atoms with Crippen LogP contribution in [0.4, 0.5) is 0 Å². The van der Waals surface area contributed by atoms with Crippen molar-refractivity contribution in [3.05, 3.63) is 42.1 Å². The minimum absolute atomic E-state index is 0.166. The third kappa shape index (κ3) is 2.84. The lowest BCUT2D eigenvalue weighted by Gasteiger charge is -2.27. The number of rotatable bonds is 3. The summed E-state index contributed by atoms with van der Waals surface area (Å²) in [5.41, 5.74) is 1.33. The molecule has 2 heterocycles. The van der Waals surface area contributed by atoms with Crippen LogP contribution in [0.1, 0.15) is 17.4 Å². The number of ether oxygens (including phenoxy) is 1. The standard InChI is InChI=1S/C17H19N3O3/c1-3-23-17(22)12-7-6-10-20(11-12)16(21)15-13-8-4-5-9-14(13)19(2)18-15/h4-9,12H,3,10-11H2,1-2H3. The van der Waals surface area contributed by atoms with Crippen molar-refractivity contribution in [2.75, 3.05) is 19.7 Å². The highest BCUT2D eigenvalue weighted by Gasteiger charge is 2.28. The highest BCUT2D eigenvalue weighted by molar-refractivity contribution is 6.05. The third-order valence-corrected chi connectivity index (χ3v) is 3.95. The maximum Gasteiger partial charge on any atom is 0.314 e. The first kappa shape index (κ1) is 15.3. The van der Waals surface area contributed by atoms with Gasteiger partial charge in [-0.1, -0.05) is 30.4 Å². The molecule has 23 heavy (non-hydrogen) atoms. The molecule has 0 saturated heterocycles. The molecule has 1 aromatic heterocycles. The number of carbonyl (C=O) groups is 2. The van der Waals surface area contributed by atoms with E-state index in [4.69, 9.17) is 4.74 Å². The monoisotopic (exact) mass is 313 g/mol. The molecule has 0 N–H and O–H groups in total. The van der Waals surface area contributed by atoms with E-state index in [2.05, 4.69) is 5.10 Å². The van der Waals surface area contributed by atoms with Gasteiger partial charge in [-0.15, -0.1) is 0 Å².